The van der Waals surface area contributed by atoms with Gasteiger partial charge in [-0.3, -0.25) is 4.90 Å². The van der Waals surface area contributed by atoms with Gasteiger partial charge in [0, 0.05) is 51.5 Å². The van der Waals surface area contributed by atoms with Crippen LogP contribution in [0, 0.1) is 0 Å². The molecule has 0 saturated carbocycles. The van der Waals surface area contributed by atoms with Crippen molar-refractivity contribution < 1.29 is 19.1 Å². The SMILES string of the molecule is CCC(NCc1ccc(CN2CCN(c3ncccc3C(=O)OC(C)C)CC2)cc1)c1cccc(C(=O)OC(C)C)c1. The van der Waals surface area contributed by atoms with E-state index in [0.29, 0.717) is 16.9 Å². The van der Waals surface area contributed by atoms with Gasteiger partial charge in [0.1, 0.15) is 11.4 Å². The van der Waals surface area contributed by atoms with Gasteiger partial charge in [-0.15, -0.1) is 0 Å². The molecule has 1 atom stereocenters. The lowest BCUT2D eigenvalue weighted by molar-refractivity contribution is 0.0367. The number of hydrogen-bond donors (Lipinski definition) is 1. The van der Waals surface area contributed by atoms with Crippen LogP contribution in [0.15, 0.2) is 66.9 Å². The summed E-state index contributed by atoms with van der Waals surface area (Å²) in [6.45, 7) is 14.6. The van der Waals surface area contributed by atoms with Crippen LogP contribution in [0.5, 0.6) is 0 Å². The quantitative estimate of drug-likeness (QED) is 0.274. The summed E-state index contributed by atoms with van der Waals surface area (Å²) in [7, 11) is 0. The summed E-state index contributed by atoms with van der Waals surface area (Å²) in [5.74, 6) is 0.0917. The molecule has 0 aliphatic carbocycles. The van der Waals surface area contributed by atoms with Gasteiger partial charge in [-0.2, -0.15) is 0 Å². The Morgan fingerprint density at radius 2 is 1.52 bits per heavy atom. The molecule has 4 rings (SSSR count). The van der Waals surface area contributed by atoms with E-state index < -0.39 is 0 Å². The van der Waals surface area contributed by atoms with Crippen molar-refractivity contribution in [3.8, 4) is 0 Å². The van der Waals surface area contributed by atoms with E-state index in [9.17, 15) is 9.59 Å². The number of anilines is 1. The third kappa shape index (κ3) is 8.63. The molecule has 224 valence electrons. The molecular weight excluding hydrogens is 528 g/mol. The summed E-state index contributed by atoms with van der Waals surface area (Å²) < 4.78 is 10.8. The first-order chi connectivity index (χ1) is 20.2. The van der Waals surface area contributed by atoms with Crippen LogP contribution in [0.4, 0.5) is 5.82 Å². The lowest BCUT2D eigenvalue weighted by Gasteiger charge is -2.36. The molecular formula is C34H44N4O4. The van der Waals surface area contributed by atoms with Gasteiger partial charge in [-0.05, 0) is 75.1 Å². The fraction of sp³-hybridized carbons (Fsp3) is 0.441. The highest BCUT2D eigenvalue weighted by Gasteiger charge is 2.24. The van der Waals surface area contributed by atoms with Gasteiger partial charge in [0.2, 0.25) is 0 Å². The van der Waals surface area contributed by atoms with Crippen LogP contribution in [0.2, 0.25) is 0 Å². The highest BCUT2D eigenvalue weighted by Crippen LogP contribution is 2.22. The fourth-order valence-electron chi connectivity index (χ4n) is 5.13. The second-order valence-electron chi connectivity index (χ2n) is 11.3. The third-order valence-corrected chi connectivity index (χ3v) is 7.28. The van der Waals surface area contributed by atoms with Gasteiger partial charge in [0.05, 0.1) is 17.8 Å². The minimum absolute atomic E-state index is 0.139. The lowest BCUT2D eigenvalue weighted by Crippen LogP contribution is -2.46. The Labute approximate surface area is 250 Å². The molecule has 0 spiro atoms. The van der Waals surface area contributed by atoms with E-state index in [1.54, 1.807) is 24.4 Å². The van der Waals surface area contributed by atoms with Crippen molar-refractivity contribution in [2.75, 3.05) is 31.1 Å². The summed E-state index contributed by atoms with van der Waals surface area (Å²) in [4.78, 5) is 34.0. The number of ether oxygens (including phenoxy) is 2. The first kappa shape index (κ1) is 31.2. The zero-order valence-electron chi connectivity index (χ0n) is 25.5. The molecule has 8 heteroatoms. The molecule has 1 aliphatic rings. The van der Waals surface area contributed by atoms with Crippen LogP contribution in [0.1, 0.15) is 84.5 Å². The number of nitrogens with one attached hydrogen (secondary N) is 1. The van der Waals surface area contributed by atoms with Crippen molar-refractivity contribution in [1.29, 1.82) is 0 Å². The first-order valence-electron chi connectivity index (χ1n) is 15.0. The van der Waals surface area contributed by atoms with Crippen LogP contribution in [-0.4, -0.2) is 60.2 Å². The van der Waals surface area contributed by atoms with E-state index >= 15 is 0 Å². The van der Waals surface area contributed by atoms with E-state index in [1.807, 2.05) is 39.8 Å². The molecule has 8 nitrogen and oxygen atoms in total. The van der Waals surface area contributed by atoms with Gasteiger partial charge >= 0.3 is 11.9 Å². The Bertz CT molecular complexity index is 1320. The van der Waals surface area contributed by atoms with Gasteiger partial charge in [-0.25, -0.2) is 14.6 Å². The fourth-order valence-corrected chi connectivity index (χ4v) is 5.13. The van der Waals surface area contributed by atoms with Gasteiger partial charge in [-0.1, -0.05) is 43.3 Å². The number of carbonyl (C=O) groups is 2. The van der Waals surface area contributed by atoms with E-state index in [2.05, 4.69) is 57.4 Å². The van der Waals surface area contributed by atoms with E-state index in [1.165, 1.54) is 11.1 Å². The van der Waals surface area contributed by atoms with Crippen molar-refractivity contribution in [3.05, 3.63) is 94.7 Å². The molecule has 3 aromatic rings. The van der Waals surface area contributed by atoms with Gasteiger partial charge in [0.15, 0.2) is 0 Å². The molecule has 1 aliphatic heterocycles. The van der Waals surface area contributed by atoms with Crippen LogP contribution in [0.3, 0.4) is 0 Å². The molecule has 1 unspecified atom stereocenters. The Kier molecular flexibility index (Phi) is 11.1. The van der Waals surface area contributed by atoms with E-state index in [4.69, 9.17) is 9.47 Å². The maximum Gasteiger partial charge on any atom is 0.342 e. The maximum atomic E-state index is 12.6. The standard InChI is InChI=1S/C34H44N4O4/c1-6-31(28-9-7-10-29(21-28)33(39)41-24(2)3)36-22-26-12-14-27(15-13-26)23-37-17-19-38(20-18-37)32-30(11-8-16-35-32)34(40)42-25(4)5/h7-16,21,24-25,31,36H,6,17-20,22-23H2,1-5H3. The van der Waals surface area contributed by atoms with Crippen LogP contribution in [-0.2, 0) is 22.6 Å². The predicted molar refractivity (Wildman–Crippen MR) is 166 cm³/mol. The first-order valence-corrected chi connectivity index (χ1v) is 15.0. The average Bonchev–Trinajstić information content (AvgIpc) is 2.98. The number of piperazine rings is 1. The highest BCUT2D eigenvalue weighted by atomic mass is 16.5. The number of esters is 2. The van der Waals surface area contributed by atoms with Crippen molar-refractivity contribution >= 4 is 17.8 Å². The Balaban J connectivity index is 1.28. The molecule has 0 amide bonds. The molecule has 0 radical (unpaired) electrons. The second-order valence-corrected chi connectivity index (χ2v) is 11.3. The summed E-state index contributed by atoms with van der Waals surface area (Å²) in [5, 5.41) is 3.65. The minimum Gasteiger partial charge on any atom is -0.459 e. The maximum absolute atomic E-state index is 12.6. The van der Waals surface area contributed by atoms with Crippen molar-refractivity contribution in [3.63, 3.8) is 0 Å². The Morgan fingerprint density at radius 1 is 0.857 bits per heavy atom. The molecule has 0 bridgehead atoms. The number of benzene rings is 2. The number of pyridine rings is 1. The van der Waals surface area contributed by atoms with Crippen molar-refractivity contribution in [2.45, 2.75) is 72.4 Å². The summed E-state index contributed by atoms with van der Waals surface area (Å²) >= 11 is 0. The molecule has 42 heavy (non-hydrogen) atoms. The normalized spacial score (nSPS) is 14.7. The smallest absolute Gasteiger partial charge is 0.342 e. The number of aromatic nitrogens is 1. The van der Waals surface area contributed by atoms with Gasteiger partial charge in [0.25, 0.3) is 0 Å². The van der Waals surface area contributed by atoms with E-state index in [-0.39, 0.29) is 30.2 Å². The topological polar surface area (TPSA) is 84.0 Å². The van der Waals surface area contributed by atoms with Crippen molar-refractivity contribution in [2.24, 2.45) is 0 Å². The summed E-state index contributed by atoms with van der Waals surface area (Å²) in [6, 6.07) is 20.2. The molecule has 1 fully saturated rings. The predicted octanol–water partition coefficient (Wildman–Crippen LogP) is 5.78. The molecule has 1 saturated heterocycles. The molecule has 1 aromatic heterocycles. The van der Waals surface area contributed by atoms with Crippen LogP contribution >= 0.6 is 0 Å². The van der Waals surface area contributed by atoms with Gasteiger partial charge < -0.3 is 19.7 Å². The number of hydrogen-bond acceptors (Lipinski definition) is 8. The average molecular weight is 573 g/mol. The molecule has 1 N–H and O–H groups in total. The van der Waals surface area contributed by atoms with Crippen molar-refractivity contribution in [1.82, 2.24) is 15.2 Å². The third-order valence-electron chi connectivity index (χ3n) is 7.28. The van der Waals surface area contributed by atoms with Crippen LogP contribution < -0.4 is 10.2 Å². The highest BCUT2D eigenvalue weighted by molar-refractivity contribution is 5.95. The Morgan fingerprint density at radius 3 is 2.19 bits per heavy atom. The van der Waals surface area contributed by atoms with E-state index in [0.717, 1.165) is 51.3 Å². The zero-order chi connectivity index (χ0) is 30.1. The Hall–Kier alpha value is -3.75. The molecule has 2 heterocycles. The monoisotopic (exact) mass is 572 g/mol. The second kappa shape index (κ2) is 14.9. The number of nitrogens with zero attached hydrogens (tertiary/aromatic N) is 3. The number of carbonyl (C=O) groups excluding carboxylic acids is 2. The molecule has 2 aromatic carbocycles. The largest absolute Gasteiger partial charge is 0.459 e. The minimum atomic E-state index is -0.324. The summed E-state index contributed by atoms with van der Waals surface area (Å²) in [6.07, 6.45) is 2.33. The zero-order valence-corrected chi connectivity index (χ0v) is 25.5. The number of rotatable bonds is 12. The lowest BCUT2D eigenvalue weighted by atomic mass is 10.0. The van der Waals surface area contributed by atoms with Crippen LogP contribution in [0.25, 0.3) is 0 Å². The summed E-state index contributed by atoms with van der Waals surface area (Å²) in [5.41, 5.74) is 4.68.